The summed E-state index contributed by atoms with van der Waals surface area (Å²) in [5.74, 6) is -0.831. The molecule has 2 aromatic heterocycles. The van der Waals surface area contributed by atoms with Crippen molar-refractivity contribution in [2.45, 2.75) is 12.5 Å². The molecule has 26 heavy (non-hydrogen) atoms. The number of nitrogens with zero attached hydrogens (tertiary/aromatic N) is 3. The third-order valence-corrected chi connectivity index (χ3v) is 5.02. The highest BCUT2D eigenvalue weighted by Crippen LogP contribution is 2.36. The fraction of sp³-hybridized carbons (Fsp3) is 0.250. The summed E-state index contributed by atoms with van der Waals surface area (Å²) in [5.41, 5.74) is 2.50. The molecule has 0 unspecified atom stereocenters. The molecule has 0 bridgehead atoms. The second kappa shape index (κ2) is 6.72. The van der Waals surface area contributed by atoms with E-state index >= 15 is 0 Å². The smallest absolute Gasteiger partial charge is 0.308 e. The summed E-state index contributed by atoms with van der Waals surface area (Å²) in [6.45, 7) is 0.765. The van der Waals surface area contributed by atoms with Gasteiger partial charge < -0.3 is 15.1 Å². The summed E-state index contributed by atoms with van der Waals surface area (Å²) in [6, 6.07) is 13.4. The van der Waals surface area contributed by atoms with Crippen molar-refractivity contribution in [3.05, 3.63) is 66.0 Å². The van der Waals surface area contributed by atoms with E-state index in [9.17, 15) is 15.0 Å². The van der Waals surface area contributed by atoms with E-state index < -0.39 is 11.9 Å². The van der Waals surface area contributed by atoms with Crippen LogP contribution in [0.3, 0.4) is 0 Å². The Labute approximate surface area is 150 Å². The Morgan fingerprint density at radius 1 is 1.15 bits per heavy atom. The first kappa shape index (κ1) is 16.5. The number of carboxylic acids is 1. The second-order valence-electron chi connectivity index (χ2n) is 6.56. The molecule has 132 valence electrons. The van der Waals surface area contributed by atoms with Gasteiger partial charge in [0.1, 0.15) is 5.82 Å². The number of aliphatic hydroxyl groups is 1. The Morgan fingerprint density at radius 3 is 2.65 bits per heavy atom. The van der Waals surface area contributed by atoms with Gasteiger partial charge in [-0.1, -0.05) is 18.2 Å². The van der Waals surface area contributed by atoms with Crippen LogP contribution in [0.15, 0.2) is 54.9 Å². The molecular weight excluding hydrogens is 330 g/mol. The van der Waals surface area contributed by atoms with Gasteiger partial charge in [-0.25, -0.2) is 4.98 Å². The number of pyridine rings is 2. The number of benzene rings is 1. The van der Waals surface area contributed by atoms with E-state index in [2.05, 4.69) is 4.98 Å². The van der Waals surface area contributed by atoms with Gasteiger partial charge in [-0.3, -0.25) is 9.78 Å². The molecule has 1 aliphatic rings. The van der Waals surface area contributed by atoms with E-state index in [0.29, 0.717) is 24.5 Å². The van der Waals surface area contributed by atoms with Gasteiger partial charge >= 0.3 is 5.97 Å². The lowest BCUT2D eigenvalue weighted by molar-refractivity contribution is -0.141. The largest absolute Gasteiger partial charge is 0.481 e. The van der Waals surface area contributed by atoms with E-state index in [0.717, 1.165) is 16.5 Å². The Hall–Kier alpha value is -2.99. The standard InChI is InChI=1S/C20H19N3O3/c24-12-15-9-14-3-1-2-4-18(14)22-19(15)23-10-16(17(11-23)20(25)26)13-5-7-21-8-6-13/h1-9,16-17,24H,10-12H2,(H,25,26)/t16-,17+/m0/s1. The first-order valence-electron chi connectivity index (χ1n) is 8.54. The fourth-order valence-electron chi connectivity index (χ4n) is 3.72. The minimum absolute atomic E-state index is 0.138. The molecule has 0 spiro atoms. The van der Waals surface area contributed by atoms with Crippen molar-refractivity contribution in [2.75, 3.05) is 18.0 Å². The normalized spacial score (nSPS) is 19.8. The second-order valence-corrected chi connectivity index (χ2v) is 6.56. The summed E-state index contributed by atoms with van der Waals surface area (Å²) >= 11 is 0. The predicted molar refractivity (Wildman–Crippen MR) is 98.0 cm³/mol. The molecule has 6 heteroatoms. The highest BCUT2D eigenvalue weighted by Gasteiger charge is 2.39. The molecule has 4 rings (SSSR count). The monoisotopic (exact) mass is 349 g/mol. The molecule has 2 N–H and O–H groups in total. The fourth-order valence-corrected chi connectivity index (χ4v) is 3.72. The van der Waals surface area contributed by atoms with Gasteiger partial charge in [0.05, 0.1) is 18.0 Å². The number of aliphatic hydroxyl groups excluding tert-OH is 1. The van der Waals surface area contributed by atoms with E-state index in [4.69, 9.17) is 4.98 Å². The number of aliphatic carboxylic acids is 1. The zero-order valence-corrected chi connectivity index (χ0v) is 14.1. The highest BCUT2D eigenvalue weighted by molar-refractivity contribution is 5.82. The summed E-state index contributed by atoms with van der Waals surface area (Å²) in [4.78, 5) is 22.5. The lowest BCUT2D eigenvalue weighted by Gasteiger charge is -2.21. The number of rotatable bonds is 4. The van der Waals surface area contributed by atoms with Gasteiger partial charge in [0.25, 0.3) is 0 Å². The summed E-state index contributed by atoms with van der Waals surface area (Å²) in [5, 5.41) is 20.5. The van der Waals surface area contributed by atoms with E-state index in [1.54, 1.807) is 12.4 Å². The van der Waals surface area contributed by atoms with Crippen LogP contribution in [0.4, 0.5) is 5.82 Å². The van der Waals surface area contributed by atoms with Crippen molar-refractivity contribution in [1.29, 1.82) is 0 Å². The van der Waals surface area contributed by atoms with Crippen LogP contribution in [0.5, 0.6) is 0 Å². The quantitative estimate of drug-likeness (QED) is 0.752. The van der Waals surface area contributed by atoms with Gasteiger partial charge in [0.15, 0.2) is 0 Å². The van der Waals surface area contributed by atoms with Crippen LogP contribution in [0.25, 0.3) is 10.9 Å². The molecule has 0 radical (unpaired) electrons. The molecule has 0 saturated carbocycles. The van der Waals surface area contributed by atoms with Crippen LogP contribution in [0.2, 0.25) is 0 Å². The molecule has 3 aromatic rings. The minimum atomic E-state index is -0.819. The number of para-hydroxylation sites is 1. The molecule has 2 atom stereocenters. The average molecular weight is 349 g/mol. The Bertz CT molecular complexity index is 945. The molecule has 6 nitrogen and oxygen atoms in total. The van der Waals surface area contributed by atoms with Crippen LogP contribution < -0.4 is 4.90 Å². The number of hydrogen-bond acceptors (Lipinski definition) is 5. The molecule has 1 fully saturated rings. The SMILES string of the molecule is O=C(O)[C@@H]1CN(c2nc3ccccc3cc2CO)C[C@H]1c1ccncc1. The molecule has 1 saturated heterocycles. The number of carbonyl (C=O) groups is 1. The van der Waals surface area contributed by atoms with Crippen molar-refractivity contribution in [3.63, 3.8) is 0 Å². The van der Waals surface area contributed by atoms with Crippen LogP contribution in [0.1, 0.15) is 17.0 Å². The van der Waals surface area contributed by atoms with Crippen molar-refractivity contribution in [1.82, 2.24) is 9.97 Å². The molecule has 1 aromatic carbocycles. The summed E-state index contributed by atoms with van der Waals surface area (Å²) < 4.78 is 0. The number of fused-ring (bicyclic) bond motifs is 1. The van der Waals surface area contributed by atoms with Crippen molar-refractivity contribution in [2.24, 2.45) is 5.92 Å². The molecule has 0 aliphatic carbocycles. The number of aromatic nitrogens is 2. The number of anilines is 1. The zero-order valence-electron chi connectivity index (χ0n) is 14.1. The molecule has 0 amide bonds. The van der Waals surface area contributed by atoms with Crippen LogP contribution >= 0.6 is 0 Å². The van der Waals surface area contributed by atoms with Crippen LogP contribution in [-0.2, 0) is 11.4 Å². The summed E-state index contributed by atoms with van der Waals surface area (Å²) in [6.07, 6.45) is 3.37. The van der Waals surface area contributed by atoms with Crippen molar-refractivity contribution < 1.29 is 15.0 Å². The third kappa shape index (κ3) is 2.88. The molecular formula is C20H19N3O3. The lowest BCUT2D eigenvalue weighted by atomic mass is 9.90. The zero-order chi connectivity index (χ0) is 18.1. The summed E-state index contributed by atoms with van der Waals surface area (Å²) in [7, 11) is 0. The van der Waals surface area contributed by atoms with Crippen molar-refractivity contribution >= 4 is 22.7 Å². The van der Waals surface area contributed by atoms with Crippen LogP contribution in [-0.4, -0.2) is 39.2 Å². The first-order valence-corrected chi connectivity index (χ1v) is 8.54. The maximum Gasteiger partial charge on any atom is 0.308 e. The van der Waals surface area contributed by atoms with E-state index in [-0.39, 0.29) is 12.5 Å². The van der Waals surface area contributed by atoms with Gasteiger partial charge in [-0.2, -0.15) is 0 Å². The Morgan fingerprint density at radius 2 is 1.92 bits per heavy atom. The lowest BCUT2D eigenvalue weighted by Crippen LogP contribution is -2.24. The topological polar surface area (TPSA) is 86.5 Å². The van der Waals surface area contributed by atoms with Gasteiger partial charge in [-0.05, 0) is 29.8 Å². The average Bonchev–Trinajstić information content (AvgIpc) is 3.13. The van der Waals surface area contributed by atoms with Gasteiger partial charge in [0.2, 0.25) is 0 Å². The van der Waals surface area contributed by atoms with Gasteiger partial charge in [0, 0.05) is 42.4 Å². The van der Waals surface area contributed by atoms with Crippen LogP contribution in [0, 0.1) is 5.92 Å². The Kier molecular flexibility index (Phi) is 4.26. The molecule has 1 aliphatic heterocycles. The molecule has 3 heterocycles. The van der Waals surface area contributed by atoms with E-state index in [1.807, 2.05) is 47.4 Å². The Balaban J connectivity index is 1.74. The van der Waals surface area contributed by atoms with Gasteiger partial charge in [-0.15, -0.1) is 0 Å². The minimum Gasteiger partial charge on any atom is -0.481 e. The number of carboxylic acid groups (broad SMARTS) is 1. The maximum absolute atomic E-state index is 11.8. The predicted octanol–water partition coefficient (Wildman–Crippen LogP) is 2.43. The number of hydrogen-bond donors (Lipinski definition) is 2. The highest BCUT2D eigenvalue weighted by atomic mass is 16.4. The third-order valence-electron chi connectivity index (χ3n) is 5.02. The maximum atomic E-state index is 11.8. The van der Waals surface area contributed by atoms with E-state index in [1.165, 1.54) is 0 Å². The van der Waals surface area contributed by atoms with Crippen molar-refractivity contribution in [3.8, 4) is 0 Å². The first-order chi connectivity index (χ1) is 12.7.